The summed E-state index contributed by atoms with van der Waals surface area (Å²) in [6.45, 7) is 1.53. The van der Waals surface area contributed by atoms with E-state index in [1.165, 1.54) is 0 Å². The number of alkyl carbamates (subject to hydrolysis) is 1. The molecule has 2 aliphatic rings. The number of rotatable bonds is 1. The second-order valence-electron chi connectivity index (χ2n) is 2.99. The Morgan fingerprint density at radius 3 is 2.82 bits per heavy atom. The lowest BCUT2D eigenvalue weighted by molar-refractivity contribution is -0.125. The van der Waals surface area contributed by atoms with Crippen molar-refractivity contribution >= 4 is 12.5 Å². The van der Waals surface area contributed by atoms with E-state index in [4.69, 9.17) is 4.74 Å². The zero-order valence-electron chi connectivity index (χ0n) is 5.87. The van der Waals surface area contributed by atoms with Crippen LogP contribution in [0.1, 0.15) is 0 Å². The van der Waals surface area contributed by atoms with Gasteiger partial charge in [-0.25, -0.2) is 4.79 Å². The van der Waals surface area contributed by atoms with Crippen molar-refractivity contribution in [2.24, 2.45) is 0 Å². The third kappa shape index (κ3) is 0.840. The first-order valence-corrected chi connectivity index (χ1v) is 3.38. The van der Waals surface area contributed by atoms with E-state index in [1.54, 1.807) is 4.90 Å². The van der Waals surface area contributed by atoms with Crippen molar-refractivity contribution in [2.45, 2.75) is 5.54 Å². The topological polar surface area (TPSA) is 58.6 Å². The van der Waals surface area contributed by atoms with Gasteiger partial charge in [-0.2, -0.15) is 0 Å². The molecule has 0 aliphatic carbocycles. The van der Waals surface area contributed by atoms with Crippen LogP contribution in [0, 0.1) is 0 Å². The number of hydrogen-bond acceptors (Lipinski definition) is 3. The van der Waals surface area contributed by atoms with Gasteiger partial charge in [-0.3, -0.25) is 4.79 Å². The Morgan fingerprint density at radius 1 is 1.64 bits per heavy atom. The molecule has 0 aromatic heterocycles. The minimum atomic E-state index is -0.379. The first kappa shape index (κ1) is 6.45. The van der Waals surface area contributed by atoms with Crippen LogP contribution < -0.4 is 5.32 Å². The standard InChI is InChI=1S/C6H8N2O3/c9-4-8-1-6(2-8)3-11-5(10)7-6/h4H,1-3H2,(H,7,10). The van der Waals surface area contributed by atoms with Gasteiger partial charge in [0.25, 0.3) is 0 Å². The van der Waals surface area contributed by atoms with Crippen LogP contribution in [0.3, 0.4) is 0 Å². The molecule has 2 fully saturated rings. The van der Waals surface area contributed by atoms with E-state index in [0.717, 1.165) is 6.41 Å². The lowest BCUT2D eigenvalue weighted by Crippen LogP contribution is -2.68. The number of carbonyl (C=O) groups excluding carboxylic acids is 2. The third-order valence-electron chi connectivity index (χ3n) is 2.01. The Morgan fingerprint density at radius 2 is 2.36 bits per heavy atom. The van der Waals surface area contributed by atoms with Gasteiger partial charge in [-0.05, 0) is 0 Å². The SMILES string of the molecule is O=CN1CC2(COC(=O)N2)C1. The number of cyclic esters (lactones) is 1. The highest BCUT2D eigenvalue weighted by Crippen LogP contribution is 2.23. The van der Waals surface area contributed by atoms with Crippen molar-refractivity contribution in [2.75, 3.05) is 19.7 Å². The van der Waals surface area contributed by atoms with Gasteiger partial charge in [0.2, 0.25) is 6.41 Å². The maximum absolute atomic E-state index is 10.6. The predicted octanol–water partition coefficient (Wildman–Crippen LogP) is -1.06. The molecule has 2 heterocycles. The zero-order chi connectivity index (χ0) is 7.90. The van der Waals surface area contributed by atoms with Crippen LogP contribution in [0.5, 0.6) is 0 Å². The highest BCUT2D eigenvalue weighted by molar-refractivity contribution is 5.72. The maximum Gasteiger partial charge on any atom is 0.407 e. The van der Waals surface area contributed by atoms with Gasteiger partial charge in [0, 0.05) is 13.1 Å². The average Bonchev–Trinajstić information content (AvgIpc) is 2.28. The Hall–Kier alpha value is -1.26. The molecule has 0 saturated carbocycles. The van der Waals surface area contributed by atoms with Crippen molar-refractivity contribution in [1.82, 2.24) is 10.2 Å². The molecule has 0 atom stereocenters. The largest absolute Gasteiger partial charge is 0.447 e. The molecule has 0 aromatic carbocycles. The van der Waals surface area contributed by atoms with Crippen molar-refractivity contribution in [3.63, 3.8) is 0 Å². The summed E-state index contributed by atoms with van der Waals surface area (Å²) in [5.41, 5.74) is -0.266. The Bertz CT molecular complexity index is 210. The number of amides is 2. The van der Waals surface area contributed by atoms with Crippen molar-refractivity contribution in [3.8, 4) is 0 Å². The molecule has 2 saturated heterocycles. The van der Waals surface area contributed by atoms with E-state index < -0.39 is 0 Å². The zero-order valence-corrected chi connectivity index (χ0v) is 5.87. The van der Waals surface area contributed by atoms with Crippen LogP contribution in [0.15, 0.2) is 0 Å². The molecular weight excluding hydrogens is 148 g/mol. The van der Waals surface area contributed by atoms with Gasteiger partial charge in [0.15, 0.2) is 0 Å². The molecule has 0 unspecified atom stereocenters. The number of hydrogen-bond donors (Lipinski definition) is 1. The third-order valence-corrected chi connectivity index (χ3v) is 2.01. The predicted molar refractivity (Wildman–Crippen MR) is 34.9 cm³/mol. The van der Waals surface area contributed by atoms with Crippen molar-refractivity contribution in [3.05, 3.63) is 0 Å². The molecule has 0 aromatic rings. The number of carbonyl (C=O) groups is 2. The number of nitrogens with one attached hydrogen (secondary N) is 1. The highest BCUT2D eigenvalue weighted by atomic mass is 16.6. The van der Waals surface area contributed by atoms with Crippen LogP contribution in [-0.2, 0) is 9.53 Å². The second-order valence-corrected chi connectivity index (χ2v) is 2.99. The van der Waals surface area contributed by atoms with Gasteiger partial charge in [-0.1, -0.05) is 0 Å². The summed E-state index contributed by atoms with van der Waals surface area (Å²) in [6, 6.07) is 0. The fraction of sp³-hybridized carbons (Fsp3) is 0.667. The minimum absolute atomic E-state index is 0.266. The summed E-state index contributed by atoms with van der Waals surface area (Å²) in [6.07, 6.45) is 0.394. The van der Waals surface area contributed by atoms with Gasteiger partial charge in [0.1, 0.15) is 12.1 Å². The monoisotopic (exact) mass is 156 g/mol. The second kappa shape index (κ2) is 1.87. The molecule has 2 rings (SSSR count). The highest BCUT2D eigenvalue weighted by Gasteiger charge is 2.49. The molecule has 1 spiro atoms. The van der Waals surface area contributed by atoms with E-state index in [9.17, 15) is 9.59 Å². The van der Waals surface area contributed by atoms with Gasteiger partial charge in [-0.15, -0.1) is 0 Å². The first-order valence-electron chi connectivity index (χ1n) is 3.38. The molecule has 2 amide bonds. The van der Waals surface area contributed by atoms with E-state index in [0.29, 0.717) is 19.7 Å². The molecule has 11 heavy (non-hydrogen) atoms. The van der Waals surface area contributed by atoms with Crippen LogP contribution >= 0.6 is 0 Å². The molecule has 2 aliphatic heterocycles. The quantitative estimate of drug-likeness (QED) is 0.492. The van der Waals surface area contributed by atoms with E-state index in [-0.39, 0.29) is 11.6 Å². The molecule has 60 valence electrons. The minimum Gasteiger partial charge on any atom is -0.447 e. The lowest BCUT2D eigenvalue weighted by Gasteiger charge is -2.43. The smallest absolute Gasteiger partial charge is 0.407 e. The summed E-state index contributed by atoms with van der Waals surface area (Å²) in [7, 11) is 0. The fourth-order valence-corrected chi connectivity index (χ4v) is 1.47. The molecule has 5 nitrogen and oxygen atoms in total. The van der Waals surface area contributed by atoms with Crippen molar-refractivity contribution in [1.29, 1.82) is 0 Å². The number of ether oxygens (including phenoxy) is 1. The van der Waals surface area contributed by atoms with Crippen LogP contribution in [0.4, 0.5) is 4.79 Å². The fourth-order valence-electron chi connectivity index (χ4n) is 1.47. The van der Waals surface area contributed by atoms with Crippen molar-refractivity contribution < 1.29 is 14.3 Å². The van der Waals surface area contributed by atoms with Gasteiger partial charge >= 0.3 is 6.09 Å². The maximum atomic E-state index is 10.6. The first-order chi connectivity index (χ1) is 5.24. The number of nitrogens with zero attached hydrogens (tertiary/aromatic N) is 1. The van der Waals surface area contributed by atoms with E-state index in [2.05, 4.69) is 5.32 Å². The summed E-state index contributed by atoms with van der Waals surface area (Å²) in [5, 5.41) is 2.67. The number of likely N-dealkylation sites (tertiary alicyclic amines) is 1. The molecule has 0 radical (unpaired) electrons. The normalized spacial score (nSPS) is 25.8. The summed E-state index contributed by atoms with van der Waals surface area (Å²) < 4.78 is 4.71. The lowest BCUT2D eigenvalue weighted by atomic mass is 9.92. The Labute approximate surface area is 63.3 Å². The van der Waals surface area contributed by atoms with E-state index in [1.807, 2.05) is 0 Å². The van der Waals surface area contributed by atoms with E-state index >= 15 is 0 Å². The summed E-state index contributed by atoms with van der Waals surface area (Å²) in [4.78, 5) is 22.4. The molecule has 0 bridgehead atoms. The van der Waals surface area contributed by atoms with Crippen LogP contribution in [0.2, 0.25) is 0 Å². The summed E-state index contributed by atoms with van der Waals surface area (Å²) in [5.74, 6) is 0. The molecule has 1 N–H and O–H groups in total. The molecule has 5 heteroatoms. The van der Waals surface area contributed by atoms with Gasteiger partial charge in [0.05, 0.1) is 0 Å². The van der Waals surface area contributed by atoms with Crippen LogP contribution in [-0.4, -0.2) is 42.6 Å². The average molecular weight is 156 g/mol. The van der Waals surface area contributed by atoms with Gasteiger partial charge < -0.3 is 15.0 Å². The van der Waals surface area contributed by atoms with Crippen LogP contribution in [0.25, 0.3) is 0 Å². The Balaban J connectivity index is 1.97. The molecular formula is C6H8N2O3. The Kier molecular flexibility index (Phi) is 1.10. The summed E-state index contributed by atoms with van der Waals surface area (Å²) >= 11 is 0.